The average Bonchev–Trinajstić information content (AvgIpc) is 3.22. The van der Waals surface area contributed by atoms with Crippen molar-refractivity contribution >= 4 is 44.7 Å². The number of benzene rings is 1. The normalized spacial score (nSPS) is 11.6. The van der Waals surface area contributed by atoms with Crippen molar-refractivity contribution in [3.8, 4) is 10.7 Å². The molecule has 0 unspecified atom stereocenters. The summed E-state index contributed by atoms with van der Waals surface area (Å²) in [6.45, 7) is 1.78. The topological polar surface area (TPSA) is 92.3 Å². The van der Waals surface area contributed by atoms with Crippen LogP contribution in [0.1, 0.15) is 16.1 Å². The first-order valence-electron chi connectivity index (χ1n) is 8.54. The minimum absolute atomic E-state index is 0.158. The number of hydrogen-bond acceptors (Lipinski definition) is 7. The minimum Gasteiger partial charge on any atom is -0.322 e. The highest BCUT2D eigenvalue weighted by Gasteiger charge is 2.20. The van der Waals surface area contributed by atoms with Gasteiger partial charge in [-0.05, 0) is 48.9 Å². The Labute approximate surface area is 178 Å². The number of nitrogens with zero attached hydrogens (tertiary/aromatic N) is 3. The molecule has 0 spiro atoms. The fourth-order valence-electron chi connectivity index (χ4n) is 2.59. The standard InChI is InChI=1S/C19H20N4O3S3/c1-12-16(19(27-4)22-17(20-12)15-6-5-11-28-15)18(24)21-13-7-9-14(10-8-13)29(25,26)23(2)3/h5-11H,1-4H3,(H,21,24). The molecule has 0 aliphatic rings. The number of carbonyl (C=O) groups is 1. The zero-order chi connectivity index (χ0) is 21.2. The lowest BCUT2D eigenvalue weighted by molar-refractivity contribution is 0.102. The number of thiophene rings is 1. The average molecular weight is 449 g/mol. The van der Waals surface area contributed by atoms with Gasteiger partial charge in [0.15, 0.2) is 5.82 Å². The predicted octanol–water partition coefficient (Wildman–Crippen LogP) is 3.74. The van der Waals surface area contributed by atoms with Crippen molar-refractivity contribution < 1.29 is 13.2 Å². The van der Waals surface area contributed by atoms with E-state index < -0.39 is 10.0 Å². The summed E-state index contributed by atoms with van der Waals surface area (Å²) >= 11 is 2.92. The van der Waals surface area contributed by atoms with E-state index in [1.807, 2.05) is 23.8 Å². The molecule has 152 valence electrons. The highest BCUT2D eigenvalue weighted by molar-refractivity contribution is 7.98. The molecule has 0 aliphatic carbocycles. The summed E-state index contributed by atoms with van der Waals surface area (Å²) in [6.07, 6.45) is 1.86. The summed E-state index contributed by atoms with van der Waals surface area (Å²) < 4.78 is 25.5. The van der Waals surface area contributed by atoms with Crippen LogP contribution in [0.3, 0.4) is 0 Å². The molecule has 2 aromatic heterocycles. The molecule has 0 aliphatic heterocycles. The minimum atomic E-state index is -3.52. The number of amides is 1. The van der Waals surface area contributed by atoms with Crippen molar-refractivity contribution in [2.24, 2.45) is 0 Å². The molecule has 3 aromatic rings. The molecule has 29 heavy (non-hydrogen) atoms. The van der Waals surface area contributed by atoms with E-state index in [9.17, 15) is 13.2 Å². The van der Waals surface area contributed by atoms with Crippen LogP contribution >= 0.6 is 23.1 Å². The van der Waals surface area contributed by atoms with Gasteiger partial charge < -0.3 is 5.32 Å². The van der Waals surface area contributed by atoms with Crippen LogP contribution in [-0.4, -0.2) is 48.9 Å². The monoisotopic (exact) mass is 448 g/mol. The van der Waals surface area contributed by atoms with Crippen molar-refractivity contribution in [1.29, 1.82) is 0 Å². The first-order chi connectivity index (χ1) is 13.7. The summed E-state index contributed by atoms with van der Waals surface area (Å²) in [6, 6.07) is 9.91. The second-order valence-corrected chi connectivity index (χ2v) is 10.2. The molecule has 0 fully saturated rings. The van der Waals surface area contributed by atoms with Gasteiger partial charge in [0.25, 0.3) is 5.91 Å². The van der Waals surface area contributed by atoms with Gasteiger partial charge in [-0.3, -0.25) is 4.79 Å². The summed E-state index contributed by atoms with van der Waals surface area (Å²) in [5, 5.41) is 5.34. The maximum absolute atomic E-state index is 12.9. The third-order valence-electron chi connectivity index (χ3n) is 4.11. The molecular formula is C19H20N4O3S3. The Morgan fingerprint density at radius 1 is 1.14 bits per heavy atom. The number of hydrogen-bond donors (Lipinski definition) is 1. The zero-order valence-electron chi connectivity index (χ0n) is 16.3. The Bertz CT molecular complexity index is 1130. The van der Waals surface area contributed by atoms with Crippen molar-refractivity contribution in [3.05, 3.63) is 53.0 Å². The fraction of sp³-hybridized carbons (Fsp3) is 0.211. The van der Waals surface area contributed by atoms with Crippen molar-refractivity contribution in [2.45, 2.75) is 16.8 Å². The summed E-state index contributed by atoms with van der Waals surface area (Å²) in [5.41, 5.74) is 1.47. The third-order valence-corrected chi connectivity index (χ3v) is 7.49. The van der Waals surface area contributed by atoms with Crippen LogP contribution in [-0.2, 0) is 10.0 Å². The summed E-state index contributed by atoms with van der Waals surface area (Å²) in [4.78, 5) is 23.0. The molecule has 0 radical (unpaired) electrons. The molecule has 0 saturated heterocycles. The number of carbonyl (C=O) groups excluding carboxylic acids is 1. The van der Waals surface area contributed by atoms with Crippen molar-refractivity contribution in [3.63, 3.8) is 0 Å². The Balaban J connectivity index is 1.87. The Kier molecular flexibility index (Phi) is 6.37. The first-order valence-corrected chi connectivity index (χ1v) is 12.1. The Hall–Kier alpha value is -2.27. The molecular weight excluding hydrogens is 428 g/mol. The largest absolute Gasteiger partial charge is 0.322 e. The van der Waals surface area contributed by atoms with E-state index in [1.165, 1.54) is 49.3 Å². The van der Waals surface area contributed by atoms with E-state index in [4.69, 9.17) is 0 Å². The lowest BCUT2D eigenvalue weighted by Gasteiger charge is -2.13. The van der Waals surface area contributed by atoms with E-state index in [0.717, 1.165) is 9.18 Å². The van der Waals surface area contributed by atoms with E-state index >= 15 is 0 Å². The smallest absolute Gasteiger partial charge is 0.260 e. The quantitative estimate of drug-likeness (QED) is 0.456. The highest BCUT2D eigenvalue weighted by atomic mass is 32.2. The summed E-state index contributed by atoms with van der Waals surface area (Å²) in [5.74, 6) is 0.254. The van der Waals surface area contributed by atoms with Crippen LogP contribution in [0.5, 0.6) is 0 Å². The van der Waals surface area contributed by atoms with Crippen molar-refractivity contribution in [2.75, 3.05) is 25.7 Å². The number of nitrogens with one attached hydrogen (secondary N) is 1. The van der Waals surface area contributed by atoms with Gasteiger partial charge in [0, 0.05) is 19.8 Å². The van der Waals surface area contributed by atoms with Crippen LogP contribution in [0.25, 0.3) is 10.7 Å². The maximum atomic E-state index is 12.9. The lowest BCUT2D eigenvalue weighted by Crippen LogP contribution is -2.22. The molecule has 10 heteroatoms. The van der Waals surface area contributed by atoms with Crippen molar-refractivity contribution in [1.82, 2.24) is 14.3 Å². The maximum Gasteiger partial charge on any atom is 0.260 e. The Morgan fingerprint density at radius 2 is 1.83 bits per heavy atom. The molecule has 3 rings (SSSR count). The summed E-state index contributed by atoms with van der Waals surface area (Å²) in [7, 11) is -0.580. The van der Waals surface area contributed by atoms with Crippen LogP contribution in [0.2, 0.25) is 0 Å². The molecule has 1 aromatic carbocycles. The van der Waals surface area contributed by atoms with E-state index in [1.54, 1.807) is 19.1 Å². The van der Waals surface area contributed by atoms with E-state index in [2.05, 4.69) is 15.3 Å². The zero-order valence-corrected chi connectivity index (χ0v) is 18.8. The lowest BCUT2D eigenvalue weighted by atomic mass is 10.2. The van der Waals surface area contributed by atoms with Gasteiger partial charge in [0.2, 0.25) is 10.0 Å². The van der Waals surface area contributed by atoms with Gasteiger partial charge in [0.05, 0.1) is 21.0 Å². The van der Waals surface area contributed by atoms with Gasteiger partial charge in [0.1, 0.15) is 5.03 Å². The molecule has 1 N–H and O–H groups in total. The number of thioether (sulfide) groups is 1. The SMILES string of the molecule is CSc1nc(-c2cccs2)nc(C)c1C(=O)Nc1ccc(S(=O)(=O)N(C)C)cc1. The molecule has 0 bridgehead atoms. The van der Waals surface area contributed by atoms with Gasteiger partial charge in [-0.1, -0.05) is 6.07 Å². The van der Waals surface area contributed by atoms with Crippen LogP contribution in [0, 0.1) is 6.92 Å². The molecule has 7 nitrogen and oxygen atoms in total. The van der Waals surface area contributed by atoms with E-state index in [0.29, 0.717) is 27.8 Å². The predicted molar refractivity (Wildman–Crippen MR) is 117 cm³/mol. The molecule has 0 atom stereocenters. The number of aromatic nitrogens is 2. The van der Waals surface area contributed by atoms with Crippen LogP contribution in [0.15, 0.2) is 51.7 Å². The second-order valence-electron chi connectivity index (χ2n) is 6.26. The number of sulfonamides is 1. The molecule has 0 saturated carbocycles. The highest BCUT2D eigenvalue weighted by Crippen LogP contribution is 2.28. The number of aryl methyl sites for hydroxylation is 1. The first kappa shape index (κ1) is 21.4. The van der Waals surface area contributed by atoms with Gasteiger partial charge in [-0.2, -0.15) is 0 Å². The van der Waals surface area contributed by atoms with Gasteiger partial charge in [-0.25, -0.2) is 22.7 Å². The van der Waals surface area contributed by atoms with Crippen LogP contribution in [0.4, 0.5) is 5.69 Å². The van der Waals surface area contributed by atoms with E-state index in [-0.39, 0.29) is 10.8 Å². The second kappa shape index (κ2) is 8.62. The fourth-order valence-corrected chi connectivity index (χ4v) is 4.77. The third kappa shape index (κ3) is 4.50. The molecule has 2 heterocycles. The van der Waals surface area contributed by atoms with Gasteiger partial charge in [-0.15, -0.1) is 23.1 Å². The number of anilines is 1. The Morgan fingerprint density at radius 3 is 2.38 bits per heavy atom. The molecule has 1 amide bonds. The van der Waals surface area contributed by atoms with Crippen LogP contribution < -0.4 is 5.32 Å². The van der Waals surface area contributed by atoms with Gasteiger partial charge >= 0.3 is 0 Å². The number of rotatable bonds is 6.